The highest BCUT2D eigenvalue weighted by atomic mass is 32.2. The maximum atomic E-state index is 15.3. The molecule has 1 atom stereocenters. The van der Waals surface area contributed by atoms with Crippen molar-refractivity contribution in [2.75, 3.05) is 13.4 Å². The SMILES string of the molecule is COC(C(=O)NCc1ccc(C(=N)N)cc1)c1c(F)ccc(-c2ccc(SC)cc2)c1F. The van der Waals surface area contributed by atoms with Gasteiger partial charge >= 0.3 is 0 Å². The number of amides is 1. The average Bonchev–Trinajstić information content (AvgIpc) is 2.80. The summed E-state index contributed by atoms with van der Waals surface area (Å²) in [5.41, 5.74) is 7.04. The predicted octanol–water partition coefficient (Wildman–Crippen LogP) is 4.64. The number of hydrogen-bond donors (Lipinski definition) is 3. The number of ether oxygens (including phenoxy) is 1. The zero-order chi connectivity index (χ0) is 23.3. The van der Waals surface area contributed by atoms with E-state index in [2.05, 4.69) is 5.32 Å². The van der Waals surface area contributed by atoms with Gasteiger partial charge in [-0.05, 0) is 41.6 Å². The number of thioether (sulfide) groups is 1. The number of rotatable bonds is 8. The Hall–Kier alpha value is -3.23. The van der Waals surface area contributed by atoms with Crippen LogP contribution in [0.2, 0.25) is 0 Å². The largest absolute Gasteiger partial charge is 0.384 e. The molecule has 0 heterocycles. The van der Waals surface area contributed by atoms with E-state index in [0.717, 1.165) is 16.5 Å². The number of benzene rings is 3. The van der Waals surface area contributed by atoms with Crippen LogP contribution in [0.5, 0.6) is 0 Å². The third-order valence-electron chi connectivity index (χ3n) is 5.00. The minimum Gasteiger partial charge on any atom is -0.384 e. The zero-order valence-corrected chi connectivity index (χ0v) is 18.4. The summed E-state index contributed by atoms with van der Waals surface area (Å²) in [6.45, 7) is 0.121. The van der Waals surface area contributed by atoms with Gasteiger partial charge in [-0.1, -0.05) is 36.4 Å². The van der Waals surface area contributed by atoms with Gasteiger partial charge in [0.2, 0.25) is 0 Å². The van der Waals surface area contributed by atoms with Gasteiger partial charge in [-0.2, -0.15) is 0 Å². The number of amidine groups is 1. The van der Waals surface area contributed by atoms with E-state index in [0.29, 0.717) is 11.1 Å². The quantitative estimate of drug-likeness (QED) is 0.262. The normalized spacial score (nSPS) is 11.8. The highest BCUT2D eigenvalue weighted by Crippen LogP contribution is 2.32. The molecule has 166 valence electrons. The molecule has 4 N–H and O–H groups in total. The summed E-state index contributed by atoms with van der Waals surface area (Å²) >= 11 is 1.56. The average molecular weight is 456 g/mol. The van der Waals surface area contributed by atoms with Crippen molar-refractivity contribution in [3.05, 3.63) is 89.0 Å². The minimum atomic E-state index is -1.46. The van der Waals surface area contributed by atoms with Crippen molar-refractivity contribution < 1.29 is 18.3 Å². The van der Waals surface area contributed by atoms with Crippen molar-refractivity contribution in [3.63, 3.8) is 0 Å². The fourth-order valence-electron chi connectivity index (χ4n) is 3.24. The van der Waals surface area contributed by atoms with E-state index in [9.17, 15) is 9.18 Å². The predicted molar refractivity (Wildman–Crippen MR) is 123 cm³/mol. The number of carbonyl (C=O) groups is 1. The van der Waals surface area contributed by atoms with Crippen LogP contribution in [0.1, 0.15) is 22.8 Å². The fourth-order valence-corrected chi connectivity index (χ4v) is 3.65. The lowest BCUT2D eigenvalue weighted by molar-refractivity contribution is -0.131. The number of nitrogens with two attached hydrogens (primary N) is 1. The van der Waals surface area contributed by atoms with E-state index < -0.39 is 29.2 Å². The maximum Gasteiger partial charge on any atom is 0.254 e. The van der Waals surface area contributed by atoms with E-state index in [4.69, 9.17) is 15.9 Å². The minimum absolute atomic E-state index is 0.0612. The van der Waals surface area contributed by atoms with Crippen molar-refractivity contribution in [2.45, 2.75) is 17.5 Å². The monoisotopic (exact) mass is 455 g/mol. The molecule has 32 heavy (non-hydrogen) atoms. The molecule has 1 unspecified atom stereocenters. The third-order valence-corrected chi connectivity index (χ3v) is 5.74. The molecular weight excluding hydrogens is 432 g/mol. The van der Waals surface area contributed by atoms with Gasteiger partial charge in [0.1, 0.15) is 17.5 Å². The molecule has 8 heteroatoms. The lowest BCUT2D eigenvalue weighted by Gasteiger charge is -2.19. The Labute approximate surface area is 189 Å². The number of nitrogen functional groups attached to an aromatic ring is 1. The number of methoxy groups -OCH3 is 1. The van der Waals surface area contributed by atoms with Gasteiger partial charge in [-0.15, -0.1) is 11.8 Å². The van der Waals surface area contributed by atoms with E-state index in [1.54, 1.807) is 48.2 Å². The summed E-state index contributed by atoms with van der Waals surface area (Å²) in [4.78, 5) is 13.7. The Morgan fingerprint density at radius 2 is 1.75 bits per heavy atom. The van der Waals surface area contributed by atoms with E-state index in [1.165, 1.54) is 13.2 Å². The Kier molecular flexibility index (Phi) is 7.61. The molecule has 0 spiro atoms. The number of hydrogen-bond acceptors (Lipinski definition) is 4. The smallest absolute Gasteiger partial charge is 0.254 e. The number of halogens is 2. The molecular formula is C24H23F2N3O2S. The van der Waals surface area contributed by atoms with Gasteiger partial charge < -0.3 is 15.8 Å². The molecule has 0 bridgehead atoms. The first-order valence-corrected chi connectivity index (χ1v) is 10.9. The zero-order valence-electron chi connectivity index (χ0n) is 17.6. The molecule has 0 aliphatic carbocycles. The van der Waals surface area contributed by atoms with Crippen molar-refractivity contribution in [1.29, 1.82) is 5.41 Å². The van der Waals surface area contributed by atoms with Gasteiger partial charge in [0.15, 0.2) is 6.10 Å². The van der Waals surface area contributed by atoms with Crippen molar-refractivity contribution in [1.82, 2.24) is 5.32 Å². The van der Waals surface area contributed by atoms with Gasteiger partial charge in [0, 0.05) is 29.7 Å². The van der Waals surface area contributed by atoms with Gasteiger partial charge in [-0.3, -0.25) is 10.2 Å². The van der Waals surface area contributed by atoms with Crippen molar-refractivity contribution >= 4 is 23.5 Å². The van der Waals surface area contributed by atoms with Crippen LogP contribution in [0.4, 0.5) is 8.78 Å². The van der Waals surface area contributed by atoms with Crippen LogP contribution < -0.4 is 11.1 Å². The molecule has 0 saturated carbocycles. The van der Waals surface area contributed by atoms with Crippen LogP contribution >= 0.6 is 11.8 Å². The van der Waals surface area contributed by atoms with Crippen LogP contribution in [0.25, 0.3) is 11.1 Å². The molecule has 0 fully saturated rings. The van der Waals surface area contributed by atoms with Crippen molar-refractivity contribution in [3.8, 4) is 11.1 Å². The highest BCUT2D eigenvalue weighted by molar-refractivity contribution is 7.98. The molecule has 0 radical (unpaired) electrons. The fraction of sp³-hybridized carbons (Fsp3) is 0.167. The second-order valence-corrected chi connectivity index (χ2v) is 7.87. The topological polar surface area (TPSA) is 88.2 Å². The summed E-state index contributed by atoms with van der Waals surface area (Å²) in [7, 11) is 1.23. The molecule has 3 rings (SSSR count). The van der Waals surface area contributed by atoms with Crippen LogP contribution in [-0.4, -0.2) is 25.1 Å². The first kappa shape index (κ1) is 23.4. The molecule has 0 aromatic heterocycles. The second kappa shape index (κ2) is 10.4. The van der Waals surface area contributed by atoms with E-state index >= 15 is 4.39 Å². The maximum absolute atomic E-state index is 15.3. The Morgan fingerprint density at radius 1 is 1.09 bits per heavy atom. The summed E-state index contributed by atoms with van der Waals surface area (Å²) in [5.74, 6) is -2.43. The van der Waals surface area contributed by atoms with Gasteiger partial charge in [-0.25, -0.2) is 8.78 Å². The Morgan fingerprint density at radius 3 is 2.31 bits per heavy atom. The standard InChI is InChI=1S/C24H23F2N3O2S/c1-31-22(24(30)29-13-14-3-5-16(6-4-14)23(27)28)20-19(25)12-11-18(21(20)26)15-7-9-17(32-2)10-8-15/h3-12,22H,13H2,1-2H3,(H3,27,28)(H,29,30). The first-order chi connectivity index (χ1) is 15.3. The molecule has 3 aromatic carbocycles. The third kappa shape index (κ3) is 5.15. The molecule has 1 amide bonds. The summed E-state index contributed by atoms with van der Waals surface area (Å²) in [5, 5.41) is 10.1. The van der Waals surface area contributed by atoms with E-state index in [1.807, 2.05) is 18.4 Å². The van der Waals surface area contributed by atoms with E-state index in [-0.39, 0.29) is 17.9 Å². The van der Waals surface area contributed by atoms with Crippen LogP contribution in [0, 0.1) is 17.0 Å². The first-order valence-electron chi connectivity index (χ1n) is 9.71. The summed E-state index contributed by atoms with van der Waals surface area (Å²) in [6, 6.07) is 16.4. The molecule has 5 nitrogen and oxygen atoms in total. The lowest BCUT2D eigenvalue weighted by Crippen LogP contribution is -2.31. The second-order valence-electron chi connectivity index (χ2n) is 7.00. The Balaban J connectivity index is 1.83. The highest BCUT2D eigenvalue weighted by Gasteiger charge is 2.28. The lowest BCUT2D eigenvalue weighted by atomic mass is 9.98. The van der Waals surface area contributed by atoms with Gasteiger partial charge in [0.05, 0.1) is 5.56 Å². The number of nitrogens with one attached hydrogen (secondary N) is 2. The van der Waals surface area contributed by atoms with Crippen molar-refractivity contribution in [2.24, 2.45) is 5.73 Å². The van der Waals surface area contributed by atoms with Crippen LogP contribution in [-0.2, 0) is 16.1 Å². The molecule has 0 aliphatic rings. The summed E-state index contributed by atoms with van der Waals surface area (Å²) in [6.07, 6.45) is 0.474. The number of carbonyl (C=O) groups excluding carboxylic acids is 1. The molecule has 0 saturated heterocycles. The van der Waals surface area contributed by atoms with Gasteiger partial charge in [0.25, 0.3) is 5.91 Å². The Bertz CT molecular complexity index is 1120. The van der Waals surface area contributed by atoms with Crippen LogP contribution in [0.3, 0.4) is 0 Å². The van der Waals surface area contributed by atoms with Crippen LogP contribution in [0.15, 0.2) is 65.6 Å². The molecule has 0 aliphatic heterocycles. The molecule has 3 aromatic rings. The summed E-state index contributed by atoms with van der Waals surface area (Å²) < 4.78 is 35.1.